The number of ether oxygens (including phenoxy) is 1. The molecule has 0 bridgehead atoms. The number of amides is 1. The Kier molecular flexibility index (Phi) is 5.63. The van der Waals surface area contributed by atoms with E-state index in [1.807, 2.05) is 13.0 Å². The fourth-order valence-corrected chi connectivity index (χ4v) is 2.75. The Morgan fingerprint density at radius 2 is 2.23 bits per heavy atom. The van der Waals surface area contributed by atoms with Crippen LogP contribution in [0, 0.1) is 6.92 Å². The van der Waals surface area contributed by atoms with Crippen molar-refractivity contribution < 1.29 is 9.53 Å². The van der Waals surface area contributed by atoms with Crippen LogP contribution in [-0.4, -0.2) is 35.6 Å². The van der Waals surface area contributed by atoms with Crippen molar-refractivity contribution >= 4 is 28.8 Å². The van der Waals surface area contributed by atoms with E-state index in [0.29, 0.717) is 23.9 Å². The normalized spacial score (nSPS) is 10.5. The van der Waals surface area contributed by atoms with E-state index in [1.165, 1.54) is 4.57 Å². The van der Waals surface area contributed by atoms with Gasteiger partial charge in [0, 0.05) is 23.1 Å². The number of hydrogen-bond acceptors (Lipinski definition) is 4. The van der Waals surface area contributed by atoms with Gasteiger partial charge in [-0.25, -0.2) is 0 Å². The highest BCUT2D eigenvalue weighted by molar-refractivity contribution is 7.07. The molecule has 0 aliphatic carbocycles. The molecule has 2 aromatic rings. The van der Waals surface area contributed by atoms with E-state index >= 15 is 0 Å². The van der Waals surface area contributed by atoms with Gasteiger partial charge in [0.1, 0.15) is 18.9 Å². The monoisotopic (exact) mass is 340 g/mol. The van der Waals surface area contributed by atoms with E-state index in [1.54, 1.807) is 35.5 Å². The third-order valence-electron chi connectivity index (χ3n) is 3.19. The molecular formula is C15H17ClN2O3S. The van der Waals surface area contributed by atoms with Crippen LogP contribution in [0.2, 0.25) is 5.02 Å². The Morgan fingerprint density at radius 3 is 2.86 bits per heavy atom. The number of benzene rings is 1. The van der Waals surface area contributed by atoms with Gasteiger partial charge in [0.25, 0.3) is 0 Å². The van der Waals surface area contributed by atoms with Gasteiger partial charge in [0.05, 0.1) is 6.54 Å². The minimum Gasteiger partial charge on any atom is -0.492 e. The van der Waals surface area contributed by atoms with Crippen molar-refractivity contribution in [3.05, 3.63) is 50.0 Å². The Morgan fingerprint density at radius 1 is 1.45 bits per heavy atom. The lowest BCUT2D eigenvalue weighted by Gasteiger charge is -2.18. The molecule has 1 aromatic carbocycles. The first kappa shape index (κ1) is 16.6. The van der Waals surface area contributed by atoms with Gasteiger partial charge < -0.3 is 9.64 Å². The Labute approximate surface area is 137 Å². The Bertz CT molecular complexity index is 711. The number of halogens is 1. The molecule has 0 aliphatic heterocycles. The molecule has 2 rings (SSSR count). The van der Waals surface area contributed by atoms with Gasteiger partial charge >= 0.3 is 4.87 Å². The van der Waals surface area contributed by atoms with Crippen LogP contribution in [0.15, 0.2) is 34.4 Å². The van der Waals surface area contributed by atoms with Crippen molar-refractivity contribution in [2.24, 2.45) is 0 Å². The average molecular weight is 341 g/mol. The van der Waals surface area contributed by atoms with Gasteiger partial charge in [0.2, 0.25) is 5.91 Å². The zero-order valence-electron chi connectivity index (χ0n) is 12.4. The summed E-state index contributed by atoms with van der Waals surface area (Å²) in [7, 11) is 1.69. The van der Waals surface area contributed by atoms with Crippen LogP contribution in [-0.2, 0) is 11.3 Å². The number of carbonyl (C=O) groups is 1. The SMILES string of the molecule is Cc1csc(=O)n1CC(=O)N(C)CCOc1cccc(Cl)c1. The minimum absolute atomic E-state index is 0.0574. The van der Waals surface area contributed by atoms with E-state index in [-0.39, 0.29) is 17.3 Å². The fraction of sp³-hybridized carbons (Fsp3) is 0.333. The van der Waals surface area contributed by atoms with Gasteiger partial charge in [-0.2, -0.15) is 0 Å². The summed E-state index contributed by atoms with van der Waals surface area (Å²) in [5.74, 6) is 0.538. The second-order valence-corrected chi connectivity index (χ2v) is 6.11. The molecule has 0 saturated carbocycles. The minimum atomic E-state index is -0.127. The van der Waals surface area contributed by atoms with Crippen LogP contribution in [0.5, 0.6) is 5.75 Å². The highest BCUT2D eigenvalue weighted by Gasteiger charge is 2.12. The van der Waals surface area contributed by atoms with Gasteiger partial charge in [-0.05, 0) is 25.1 Å². The van der Waals surface area contributed by atoms with Crippen molar-refractivity contribution in [3.63, 3.8) is 0 Å². The van der Waals surface area contributed by atoms with Crippen LogP contribution in [0.1, 0.15) is 5.69 Å². The summed E-state index contributed by atoms with van der Waals surface area (Å²) in [6.07, 6.45) is 0. The second-order valence-electron chi connectivity index (χ2n) is 4.85. The van der Waals surface area contributed by atoms with E-state index in [0.717, 1.165) is 17.0 Å². The summed E-state index contributed by atoms with van der Waals surface area (Å²) in [6, 6.07) is 7.10. The number of likely N-dealkylation sites (N-methyl/N-ethyl adjacent to an activating group) is 1. The summed E-state index contributed by atoms with van der Waals surface area (Å²) < 4.78 is 7.02. The summed E-state index contributed by atoms with van der Waals surface area (Å²) in [5.41, 5.74) is 0.798. The third kappa shape index (κ3) is 4.35. The molecule has 0 unspecified atom stereocenters. The smallest absolute Gasteiger partial charge is 0.307 e. The zero-order valence-corrected chi connectivity index (χ0v) is 14.0. The first-order valence-corrected chi connectivity index (χ1v) is 8.00. The van der Waals surface area contributed by atoms with Crippen molar-refractivity contribution in [1.29, 1.82) is 0 Å². The topological polar surface area (TPSA) is 51.5 Å². The molecule has 1 aromatic heterocycles. The fourth-order valence-electron chi connectivity index (χ4n) is 1.83. The lowest BCUT2D eigenvalue weighted by molar-refractivity contribution is -0.130. The molecule has 1 amide bonds. The average Bonchev–Trinajstić information content (AvgIpc) is 2.79. The standard InChI is InChI=1S/C15H17ClN2O3S/c1-11-10-22-15(20)18(11)9-14(19)17(2)6-7-21-13-5-3-4-12(16)8-13/h3-5,8,10H,6-7,9H2,1-2H3. The van der Waals surface area contributed by atoms with Crippen LogP contribution in [0.3, 0.4) is 0 Å². The Hall–Kier alpha value is -1.79. The van der Waals surface area contributed by atoms with Crippen LogP contribution < -0.4 is 9.61 Å². The highest BCUT2D eigenvalue weighted by Crippen LogP contribution is 2.16. The predicted molar refractivity (Wildman–Crippen MR) is 87.9 cm³/mol. The van der Waals surface area contributed by atoms with Gasteiger partial charge in [-0.3, -0.25) is 14.2 Å². The lowest BCUT2D eigenvalue weighted by atomic mass is 10.3. The molecule has 0 spiro atoms. The van der Waals surface area contributed by atoms with Gasteiger partial charge in [-0.15, -0.1) is 0 Å². The van der Waals surface area contributed by atoms with Gasteiger partial charge in [0.15, 0.2) is 0 Å². The maximum atomic E-state index is 12.1. The van der Waals surface area contributed by atoms with Crippen molar-refractivity contribution in [3.8, 4) is 5.75 Å². The number of thiazole rings is 1. The van der Waals surface area contributed by atoms with E-state index in [2.05, 4.69) is 0 Å². The van der Waals surface area contributed by atoms with E-state index in [4.69, 9.17) is 16.3 Å². The summed E-state index contributed by atoms with van der Waals surface area (Å²) in [4.78, 5) is 25.1. The molecule has 0 saturated heterocycles. The first-order chi connectivity index (χ1) is 10.5. The maximum Gasteiger partial charge on any atom is 0.307 e. The molecule has 0 fully saturated rings. The van der Waals surface area contributed by atoms with Gasteiger partial charge in [-0.1, -0.05) is 29.0 Å². The van der Waals surface area contributed by atoms with E-state index < -0.39 is 0 Å². The van der Waals surface area contributed by atoms with Crippen LogP contribution in [0.4, 0.5) is 0 Å². The number of hydrogen-bond donors (Lipinski definition) is 0. The number of carbonyl (C=O) groups excluding carboxylic acids is 1. The second kappa shape index (κ2) is 7.47. The van der Waals surface area contributed by atoms with E-state index in [9.17, 15) is 9.59 Å². The van der Waals surface area contributed by atoms with Crippen LogP contribution >= 0.6 is 22.9 Å². The summed E-state index contributed by atoms with van der Waals surface area (Å²) >= 11 is 6.97. The van der Waals surface area contributed by atoms with Crippen LogP contribution in [0.25, 0.3) is 0 Å². The molecule has 1 heterocycles. The number of nitrogens with zero attached hydrogens (tertiary/aromatic N) is 2. The van der Waals surface area contributed by atoms with Crippen molar-refractivity contribution in [2.45, 2.75) is 13.5 Å². The number of aryl methyl sites for hydroxylation is 1. The zero-order chi connectivity index (χ0) is 16.1. The Balaban J connectivity index is 1.83. The number of rotatable bonds is 6. The molecular weight excluding hydrogens is 324 g/mol. The molecule has 7 heteroatoms. The quantitative estimate of drug-likeness (QED) is 0.811. The molecule has 5 nitrogen and oxygen atoms in total. The first-order valence-electron chi connectivity index (χ1n) is 6.74. The molecule has 0 N–H and O–H groups in total. The third-order valence-corrected chi connectivity index (χ3v) is 4.30. The summed E-state index contributed by atoms with van der Waals surface area (Å²) in [5, 5.41) is 2.35. The number of aromatic nitrogens is 1. The maximum absolute atomic E-state index is 12.1. The molecule has 0 radical (unpaired) electrons. The summed E-state index contributed by atoms with van der Waals surface area (Å²) in [6.45, 7) is 2.67. The van der Waals surface area contributed by atoms with Crippen molar-refractivity contribution in [2.75, 3.05) is 20.2 Å². The molecule has 0 atom stereocenters. The lowest BCUT2D eigenvalue weighted by Crippen LogP contribution is -2.35. The molecule has 118 valence electrons. The molecule has 0 aliphatic rings. The predicted octanol–water partition coefficient (Wildman–Crippen LogP) is 2.41. The molecule has 22 heavy (non-hydrogen) atoms. The highest BCUT2D eigenvalue weighted by atomic mass is 35.5. The largest absolute Gasteiger partial charge is 0.492 e. The van der Waals surface area contributed by atoms with Crippen molar-refractivity contribution in [1.82, 2.24) is 9.47 Å².